The molecule has 24 heavy (non-hydrogen) atoms. The molecule has 2 rings (SSSR count). The molecule has 0 unspecified atom stereocenters. The van der Waals surface area contributed by atoms with Crippen LogP contribution in [0.1, 0.15) is 31.2 Å². The van der Waals surface area contributed by atoms with Gasteiger partial charge in [0.25, 0.3) is 0 Å². The normalized spacial score (nSPS) is 16.4. The highest BCUT2D eigenvalue weighted by molar-refractivity contribution is 7.88. The van der Waals surface area contributed by atoms with Crippen molar-refractivity contribution in [2.75, 3.05) is 19.6 Å². The third kappa shape index (κ3) is 6.39. The average Bonchev–Trinajstić information content (AvgIpc) is 2.54. The molecule has 1 amide bonds. The van der Waals surface area contributed by atoms with Gasteiger partial charge in [-0.05, 0) is 31.4 Å². The fraction of sp³-hybridized carbons (Fsp3) is 0.562. The summed E-state index contributed by atoms with van der Waals surface area (Å²) >= 11 is 0. The zero-order valence-electron chi connectivity index (χ0n) is 13.7. The second-order valence-corrected chi connectivity index (χ2v) is 7.84. The maximum Gasteiger partial charge on any atom is 0.220 e. The standard InChI is InChI=1S/C16H25N3O3S.ClH/c17-10-4-7-16(20)18-15-8-11-19(12-9-15)23(21,22)13-14-5-2-1-3-6-14;/h1-3,5-6,15H,4,7-13,17H2,(H,18,20);1H. The number of amides is 1. The summed E-state index contributed by atoms with van der Waals surface area (Å²) in [5.74, 6) is 0.0301. The van der Waals surface area contributed by atoms with Gasteiger partial charge >= 0.3 is 0 Å². The number of hydrogen-bond acceptors (Lipinski definition) is 4. The molecule has 3 N–H and O–H groups in total. The van der Waals surface area contributed by atoms with Gasteiger partial charge in [0.05, 0.1) is 5.75 Å². The lowest BCUT2D eigenvalue weighted by Gasteiger charge is -2.31. The Morgan fingerprint density at radius 2 is 1.83 bits per heavy atom. The predicted molar refractivity (Wildman–Crippen MR) is 97.3 cm³/mol. The number of nitrogens with one attached hydrogen (secondary N) is 1. The molecule has 0 aromatic heterocycles. The highest BCUT2D eigenvalue weighted by Crippen LogP contribution is 2.17. The van der Waals surface area contributed by atoms with Gasteiger partial charge in [0, 0.05) is 25.6 Å². The molecule has 0 bridgehead atoms. The van der Waals surface area contributed by atoms with E-state index < -0.39 is 10.0 Å². The number of hydrogen-bond donors (Lipinski definition) is 2. The average molecular weight is 376 g/mol. The van der Waals surface area contributed by atoms with Gasteiger partial charge < -0.3 is 11.1 Å². The fourth-order valence-electron chi connectivity index (χ4n) is 2.72. The second-order valence-electron chi connectivity index (χ2n) is 5.87. The third-order valence-corrected chi connectivity index (χ3v) is 5.86. The summed E-state index contributed by atoms with van der Waals surface area (Å²) in [5.41, 5.74) is 6.18. The monoisotopic (exact) mass is 375 g/mol. The van der Waals surface area contributed by atoms with Crippen molar-refractivity contribution in [1.29, 1.82) is 0 Å². The first-order valence-electron chi connectivity index (χ1n) is 8.02. The second kappa shape index (κ2) is 9.98. The molecule has 136 valence electrons. The van der Waals surface area contributed by atoms with Gasteiger partial charge in [-0.15, -0.1) is 12.4 Å². The number of sulfonamides is 1. The van der Waals surface area contributed by atoms with Crippen LogP contribution in [0.3, 0.4) is 0 Å². The van der Waals surface area contributed by atoms with Crippen LogP contribution in [0.15, 0.2) is 30.3 Å². The minimum Gasteiger partial charge on any atom is -0.353 e. The summed E-state index contributed by atoms with van der Waals surface area (Å²) in [6, 6.07) is 9.25. The van der Waals surface area contributed by atoms with Crippen molar-refractivity contribution in [2.45, 2.75) is 37.5 Å². The molecular weight excluding hydrogens is 350 g/mol. The summed E-state index contributed by atoms with van der Waals surface area (Å²) in [4.78, 5) is 11.7. The lowest BCUT2D eigenvalue weighted by atomic mass is 10.1. The lowest BCUT2D eigenvalue weighted by Crippen LogP contribution is -2.46. The number of nitrogens with two attached hydrogens (primary N) is 1. The van der Waals surface area contributed by atoms with Gasteiger partial charge in [0.2, 0.25) is 15.9 Å². The van der Waals surface area contributed by atoms with Crippen LogP contribution in [0.2, 0.25) is 0 Å². The minimum atomic E-state index is -3.30. The number of piperidine rings is 1. The van der Waals surface area contributed by atoms with E-state index in [1.165, 1.54) is 4.31 Å². The molecule has 6 nitrogen and oxygen atoms in total. The maximum absolute atomic E-state index is 12.4. The van der Waals surface area contributed by atoms with Gasteiger partial charge in [-0.1, -0.05) is 30.3 Å². The van der Waals surface area contributed by atoms with Crippen molar-refractivity contribution in [2.24, 2.45) is 5.73 Å². The van der Waals surface area contributed by atoms with E-state index in [-0.39, 0.29) is 30.1 Å². The Kier molecular flexibility index (Phi) is 8.69. The first-order chi connectivity index (χ1) is 11.0. The number of benzene rings is 1. The van der Waals surface area contributed by atoms with Crippen LogP contribution in [0, 0.1) is 0 Å². The Labute approximate surface area is 150 Å². The van der Waals surface area contributed by atoms with Gasteiger partial charge in [0.1, 0.15) is 0 Å². The molecule has 0 atom stereocenters. The molecule has 1 aliphatic heterocycles. The molecule has 0 spiro atoms. The van der Waals surface area contributed by atoms with Crippen molar-refractivity contribution in [1.82, 2.24) is 9.62 Å². The molecule has 1 saturated heterocycles. The summed E-state index contributed by atoms with van der Waals surface area (Å²) in [6.07, 6.45) is 2.42. The molecule has 8 heteroatoms. The third-order valence-electron chi connectivity index (χ3n) is 4.01. The van der Waals surface area contributed by atoms with E-state index in [0.29, 0.717) is 45.3 Å². The van der Waals surface area contributed by atoms with Crippen LogP contribution >= 0.6 is 12.4 Å². The van der Waals surface area contributed by atoms with E-state index in [1.807, 2.05) is 30.3 Å². The summed E-state index contributed by atoms with van der Waals surface area (Å²) in [7, 11) is -3.30. The van der Waals surface area contributed by atoms with Crippen LogP contribution in [0.25, 0.3) is 0 Å². The maximum atomic E-state index is 12.4. The van der Waals surface area contributed by atoms with Crippen molar-refractivity contribution in [3.8, 4) is 0 Å². The largest absolute Gasteiger partial charge is 0.353 e. The van der Waals surface area contributed by atoms with Crippen molar-refractivity contribution in [3.05, 3.63) is 35.9 Å². The van der Waals surface area contributed by atoms with Gasteiger partial charge in [0.15, 0.2) is 0 Å². The molecule has 1 heterocycles. The Morgan fingerprint density at radius 1 is 1.21 bits per heavy atom. The Morgan fingerprint density at radius 3 is 2.42 bits per heavy atom. The Balaban J connectivity index is 0.00000288. The van der Waals surface area contributed by atoms with Gasteiger partial charge in [-0.2, -0.15) is 0 Å². The topological polar surface area (TPSA) is 92.5 Å². The molecule has 1 aromatic rings. The summed E-state index contributed by atoms with van der Waals surface area (Å²) < 4.78 is 26.4. The van der Waals surface area contributed by atoms with E-state index in [1.54, 1.807) is 0 Å². The number of carbonyl (C=O) groups excluding carboxylic acids is 1. The van der Waals surface area contributed by atoms with E-state index in [2.05, 4.69) is 5.32 Å². The van der Waals surface area contributed by atoms with Crippen LogP contribution in [0.5, 0.6) is 0 Å². The first-order valence-corrected chi connectivity index (χ1v) is 9.63. The van der Waals surface area contributed by atoms with Crippen molar-refractivity contribution >= 4 is 28.3 Å². The lowest BCUT2D eigenvalue weighted by molar-refractivity contribution is -0.122. The Bertz CT molecular complexity index is 602. The van der Waals surface area contributed by atoms with E-state index >= 15 is 0 Å². The predicted octanol–water partition coefficient (Wildman–Crippen LogP) is 1.26. The molecular formula is C16H26ClN3O3S. The quantitative estimate of drug-likeness (QED) is 0.750. The van der Waals surface area contributed by atoms with E-state index in [4.69, 9.17) is 5.73 Å². The smallest absolute Gasteiger partial charge is 0.220 e. The van der Waals surface area contributed by atoms with E-state index in [0.717, 1.165) is 5.56 Å². The van der Waals surface area contributed by atoms with Crippen LogP contribution in [-0.4, -0.2) is 44.3 Å². The van der Waals surface area contributed by atoms with Crippen LogP contribution < -0.4 is 11.1 Å². The highest BCUT2D eigenvalue weighted by atomic mass is 35.5. The number of carbonyl (C=O) groups is 1. The molecule has 0 saturated carbocycles. The van der Waals surface area contributed by atoms with Gasteiger partial charge in [-0.3, -0.25) is 4.79 Å². The fourth-order valence-corrected chi connectivity index (χ4v) is 4.28. The molecule has 0 radical (unpaired) electrons. The number of halogens is 1. The highest BCUT2D eigenvalue weighted by Gasteiger charge is 2.28. The Hall–Kier alpha value is -1.15. The molecule has 1 aromatic carbocycles. The van der Waals surface area contributed by atoms with Crippen LogP contribution in [-0.2, 0) is 20.6 Å². The van der Waals surface area contributed by atoms with Crippen LogP contribution in [0.4, 0.5) is 0 Å². The SMILES string of the molecule is Cl.NCCCC(=O)NC1CCN(S(=O)(=O)Cc2ccccc2)CC1. The minimum absolute atomic E-state index is 0. The van der Waals surface area contributed by atoms with Gasteiger partial charge in [-0.25, -0.2) is 12.7 Å². The zero-order chi connectivity index (χ0) is 16.7. The zero-order valence-corrected chi connectivity index (χ0v) is 15.3. The molecule has 1 aliphatic rings. The number of rotatable bonds is 7. The summed E-state index contributed by atoms with van der Waals surface area (Å²) in [5, 5.41) is 2.96. The number of nitrogens with zero attached hydrogens (tertiary/aromatic N) is 1. The van der Waals surface area contributed by atoms with Crippen molar-refractivity contribution in [3.63, 3.8) is 0 Å². The first kappa shape index (κ1) is 20.9. The molecule has 1 fully saturated rings. The van der Waals surface area contributed by atoms with E-state index in [9.17, 15) is 13.2 Å². The summed E-state index contributed by atoms with van der Waals surface area (Å²) in [6.45, 7) is 1.41. The van der Waals surface area contributed by atoms with Crippen molar-refractivity contribution < 1.29 is 13.2 Å². The molecule has 0 aliphatic carbocycles.